The summed E-state index contributed by atoms with van der Waals surface area (Å²) < 4.78 is 0. The Morgan fingerprint density at radius 3 is 2.81 bits per heavy atom. The van der Waals surface area contributed by atoms with Gasteiger partial charge >= 0.3 is 0 Å². The van der Waals surface area contributed by atoms with Gasteiger partial charge in [-0.25, -0.2) is 0 Å². The lowest BCUT2D eigenvalue weighted by molar-refractivity contribution is -0.117. The molecule has 7 atom stereocenters. The lowest BCUT2D eigenvalue weighted by Gasteiger charge is -2.56. The van der Waals surface area contributed by atoms with Gasteiger partial charge < -0.3 is 5.11 Å². The van der Waals surface area contributed by atoms with E-state index in [2.05, 4.69) is 13.8 Å². The Balaban J connectivity index is 1.68. The number of fused-ring (bicyclic) bond motifs is 5. The molecule has 1 N–H and O–H groups in total. The van der Waals surface area contributed by atoms with Gasteiger partial charge in [-0.15, -0.1) is 0 Å². The maximum absolute atomic E-state index is 11.7. The van der Waals surface area contributed by atoms with Crippen molar-refractivity contribution in [3.63, 3.8) is 0 Å². The zero-order valence-corrected chi connectivity index (χ0v) is 13.3. The highest BCUT2D eigenvalue weighted by molar-refractivity contribution is 5.91. The number of ketones is 1. The number of aliphatic hydroxyl groups excluding tert-OH is 1. The molecule has 4 aliphatic carbocycles. The number of carbonyl (C=O) groups is 1. The van der Waals surface area contributed by atoms with Crippen LogP contribution >= 0.6 is 0 Å². The predicted molar refractivity (Wildman–Crippen MR) is 82.6 cm³/mol. The van der Waals surface area contributed by atoms with Crippen LogP contribution in [0.15, 0.2) is 11.6 Å². The summed E-state index contributed by atoms with van der Waals surface area (Å²) >= 11 is 0. The molecule has 21 heavy (non-hydrogen) atoms. The average molecular weight is 288 g/mol. The molecule has 116 valence electrons. The van der Waals surface area contributed by atoms with Crippen molar-refractivity contribution >= 4 is 5.78 Å². The summed E-state index contributed by atoms with van der Waals surface area (Å²) in [4.78, 5) is 11.7. The van der Waals surface area contributed by atoms with E-state index in [9.17, 15) is 9.90 Å². The van der Waals surface area contributed by atoms with Gasteiger partial charge in [-0.1, -0.05) is 19.4 Å². The summed E-state index contributed by atoms with van der Waals surface area (Å²) in [5, 5.41) is 10.5. The van der Waals surface area contributed by atoms with Gasteiger partial charge in [0.2, 0.25) is 0 Å². The molecule has 0 spiro atoms. The van der Waals surface area contributed by atoms with Crippen LogP contribution in [0.4, 0.5) is 0 Å². The molecule has 4 rings (SSSR count). The van der Waals surface area contributed by atoms with E-state index in [1.807, 2.05) is 6.08 Å². The highest BCUT2D eigenvalue weighted by Gasteiger charge is 2.58. The molecule has 3 fully saturated rings. The highest BCUT2D eigenvalue weighted by atomic mass is 16.3. The molecule has 0 heterocycles. The molecule has 0 aliphatic heterocycles. The molecule has 4 aliphatic rings. The summed E-state index contributed by atoms with van der Waals surface area (Å²) in [5.74, 6) is 3.97. The van der Waals surface area contributed by atoms with Crippen LogP contribution in [0.25, 0.3) is 0 Å². The molecule has 0 bridgehead atoms. The summed E-state index contributed by atoms with van der Waals surface area (Å²) in [5.41, 5.74) is 1.62. The summed E-state index contributed by atoms with van der Waals surface area (Å²) in [6, 6.07) is 0. The van der Waals surface area contributed by atoms with Crippen molar-refractivity contribution < 1.29 is 9.90 Å². The van der Waals surface area contributed by atoms with Crippen LogP contribution in [-0.2, 0) is 4.79 Å². The van der Waals surface area contributed by atoms with E-state index in [4.69, 9.17) is 0 Å². The second-order valence-corrected chi connectivity index (χ2v) is 8.50. The van der Waals surface area contributed by atoms with Crippen LogP contribution in [0, 0.1) is 35.0 Å². The van der Waals surface area contributed by atoms with Crippen molar-refractivity contribution in [2.75, 3.05) is 0 Å². The first kappa shape index (κ1) is 14.0. The first-order valence-corrected chi connectivity index (χ1v) is 8.92. The third-order valence-electron chi connectivity index (χ3n) is 7.54. The maximum Gasteiger partial charge on any atom is 0.155 e. The molecule has 0 aromatic rings. The number of allylic oxidation sites excluding steroid dienone is 1. The predicted octanol–water partition coefficient (Wildman–Crippen LogP) is 3.74. The second-order valence-electron chi connectivity index (χ2n) is 8.50. The molecule has 0 saturated heterocycles. The highest BCUT2D eigenvalue weighted by Crippen LogP contribution is 2.63. The molecule has 0 amide bonds. The summed E-state index contributed by atoms with van der Waals surface area (Å²) in [6.45, 7) is 4.75. The number of hydrogen-bond acceptors (Lipinski definition) is 2. The van der Waals surface area contributed by atoms with E-state index in [1.165, 1.54) is 24.8 Å². The normalized spacial score (nSPS) is 52.7. The lowest BCUT2D eigenvalue weighted by Crippen LogP contribution is -2.51. The van der Waals surface area contributed by atoms with E-state index in [0.29, 0.717) is 23.5 Å². The molecule has 0 aromatic carbocycles. The monoisotopic (exact) mass is 288 g/mol. The van der Waals surface area contributed by atoms with E-state index in [0.717, 1.165) is 37.5 Å². The van der Waals surface area contributed by atoms with Crippen molar-refractivity contribution in [3.8, 4) is 0 Å². The van der Waals surface area contributed by atoms with Crippen LogP contribution in [0.3, 0.4) is 0 Å². The number of rotatable bonds is 0. The second kappa shape index (κ2) is 4.68. The van der Waals surface area contributed by atoms with Crippen molar-refractivity contribution in [2.45, 2.75) is 64.9 Å². The Bertz CT molecular complexity index is 494. The van der Waals surface area contributed by atoms with Crippen molar-refractivity contribution in [2.24, 2.45) is 35.0 Å². The van der Waals surface area contributed by atoms with Gasteiger partial charge in [0.1, 0.15) is 0 Å². The van der Waals surface area contributed by atoms with Crippen LogP contribution < -0.4 is 0 Å². The number of hydrogen-bond donors (Lipinski definition) is 1. The smallest absolute Gasteiger partial charge is 0.155 e. The van der Waals surface area contributed by atoms with Crippen molar-refractivity contribution in [1.82, 2.24) is 0 Å². The first-order valence-electron chi connectivity index (χ1n) is 8.92. The fourth-order valence-electron chi connectivity index (χ4n) is 6.74. The van der Waals surface area contributed by atoms with Gasteiger partial charge in [-0.05, 0) is 79.6 Å². The fraction of sp³-hybridized carbons (Fsp3) is 0.842. The Morgan fingerprint density at radius 2 is 2.00 bits per heavy atom. The van der Waals surface area contributed by atoms with E-state index < -0.39 is 0 Å². The molecule has 2 heteroatoms. The van der Waals surface area contributed by atoms with Crippen LogP contribution in [0.5, 0.6) is 0 Å². The molecular weight excluding hydrogens is 260 g/mol. The zero-order chi connectivity index (χ0) is 14.8. The van der Waals surface area contributed by atoms with E-state index >= 15 is 0 Å². The van der Waals surface area contributed by atoms with Crippen LogP contribution in [0.1, 0.15) is 58.8 Å². The third kappa shape index (κ3) is 1.91. The SMILES string of the molecule is C[C@H]1C[C@@]2(C)C(CC[C@@H]2O)C2CCC3=CC(=O)CC[C@@H]3C21. The quantitative estimate of drug-likeness (QED) is 0.737. The van der Waals surface area contributed by atoms with Gasteiger partial charge in [-0.3, -0.25) is 4.79 Å². The lowest BCUT2D eigenvalue weighted by atomic mass is 9.49. The van der Waals surface area contributed by atoms with Crippen molar-refractivity contribution in [3.05, 3.63) is 11.6 Å². The molecule has 2 nitrogen and oxygen atoms in total. The fourth-order valence-corrected chi connectivity index (χ4v) is 6.74. The largest absolute Gasteiger partial charge is 0.393 e. The summed E-state index contributed by atoms with van der Waals surface area (Å²) in [6.07, 6.45) is 9.52. The van der Waals surface area contributed by atoms with E-state index in [1.54, 1.807) is 0 Å². The Hall–Kier alpha value is -0.630. The standard InChI is InChI=1S/C19H28O2/c1-11-10-19(2)16(7-8-17(19)21)15-5-3-12-9-13(20)4-6-14(12)18(11)15/h9,11,14-18,21H,3-8,10H2,1-2H3/t11-,14-,15?,16?,17-,18?,19-/m0/s1. The maximum atomic E-state index is 11.7. The summed E-state index contributed by atoms with van der Waals surface area (Å²) in [7, 11) is 0. The van der Waals surface area contributed by atoms with Gasteiger partial charge in [0.25, 0.3) is 0 Å². The topological polar surface area (TPSA) is 37.3 Å². The minimum absolute atomic E-state index is 0.0872. The average Bonchev–Trinajstić information content (AvgIpc) is 2.74. The minimum atomic E-state index is -0.0872. The first-order chi connectivity index (χ1) is 10.0. The molecule has 3 saturated carbocycles. The van der Waals surface area contributed by atoms with Gasteiger partial charge in [0, 0.05) is 6.42 Å². The van der Waals surface area contributed by atoms with Crippen LogP contribution in [0.2, 0.25) is 0 Å². The molecule has 0 radical (unpaired) electrons. The number of aliphatic hydroxyl groups is 1. The Kier molecular flexibility index (Phi) is 3.12. The number of carbonyl (C=O) groups excluding carboxylic acids is 1. The van der Waals surface area contributed by atoms with Crippen LogP contribution in [-0.4, -0.2) is 17.0 Å². The van der Waals surface area contributed by atoms with Gasteiger partial charge in [0.15, 0.2) is 5.78 Å². The van der Waals surface area contributed by atoms with Gasteiger partial charge in [0.05, 0.1) is 6.10 Å². The molecule has 3 unspecified atom stereocenters. The van der Waals surface area contributed by atoms with Crippen molar-refractivity contribution in [1.29, 1.82) is 0 Å². The van der Waals surface area contributed by atoms with Gasteiger partial charge in [-0.2, -0.15) is 0 Å². The van der Waals surface area contributed by atoms with E-state index in [-0.39, 0.29) is 11.5 Å². The Labute approximate surface area is 128 Å². The third-order valence-corrected chi connectivity index (χ3v) is 7.54. The zero-order valence-electron chi connectivity index (χ0n) is 13.3. The minimum Gasteiger partial charge on any atom is -0.393 e. The Morgan fingerprint density at radius 1 is 1.19 bits per heavy atom. The molecular formula is C19H28O2. The molecule has 0 aromatic heterocycles.